The zero-order chi connectivity index (χ0) is 25.1. The van der Waals surface area contributed by atoms with E-state index in [4.69, 9.17) is 0 Å². The molecule has 1 fully saturated rings. The van der Waals surface area contributed by atoms with Crippen molar-refractivity contribution in [3.63, 3.8) is 0 Å². The Kier molecular flexibility index (Phi) is 7.52. The van der Waals surface area contributed by atoms with Crippen molar-refractivity contribution in [2.75, 3.05) is 29.9 Å². The van der Waals surface area contributed by atoms with E-state index in [0.717, 1.165) is 17.9 Å². The van der Waals surface area contributed by atoms with E-state index in [2.05, 4.69) is 52.2 Å². The van der Waals surface area contributed by atoms with Crippen LogP contribution < -0.4 is 15.1 Å². The molecule has 1 aliphatic carbocycles. The summed E-state index contributed by atoms with van der Waals surface area (Å²) in [6.07, 6.45) is 5.45. The summed E-state index contributed by atoms with van der Waals surface area (Å²) in [6, 6.07) is 7.35. The molecule has 4 rings (SSSR count). The number of benzene rings is 1. The van der Waals surface area contributed by atoms with Crippen LogP contribution >= 0.6 is 0 Å². The van der Waals surface area contributed by atoms with Crippen LogP contribution in [-0.4, -0.2) is 58.2 Å². The lowest BCUT2D eigenvalue weighted by molar-refractivity contribution is -0.130. The van der Waals surface area contributed by atoms with Crippen molar-refractivity contribution in [1.82, 2.24) is 25.5 Å². The lowest BCUT2D eigenvalue weighted by Gasteiger charge is -2.30. The maximum Gasteiger partial charge on any atom is 0.251 e. The number of aromatic nitrogens is 4. The zero-order valence-corrected chi connectivity index (χ0v) is 21.2. The molecular formula is C26H37N7O2. The number of nitrogens with zero attached hydrogens (tertiary/aromatic N) is 6. The predicted octanol–water partition coefficient (Wildman–Crippen LogP) is 2.91. The number of aryl methyl sites for hydroxylation is 1. The molecule has 2 heterocycles. The highest BCUT2D eigenvalue weighted by Gasteiger charge is 2.38. The highest BCUT2D eigenvalue weighted by atomic mass is 16.2. The van der Waals surface area contributed by atoms with Crippen molar-refractivity contribution in [3.05, 3.63) is 42.7 Å². The summed E-state index contributed by atoms with van der Waals surface area (Å²) in [4.78, 5) is 31.3. The second-order valence-electron chi connectivity index (χ2n) is 10.3. The number of fused-ring (bicyclic) bond motifs is 1. The van der Waals surface area contributed by atoms with Crippen LogP contribution in [0.25, 0.3) is 0 Å². The van der Waals surface area contributed by atoms with Gasteiger partial charge in [0, 0.05) is 39.0 Å². The third kappa shape index (κ3) is 5.55. The molecule has 188 valence electrons. The third-order valence-electron chi connectivity index (χ3n) is 7.06. The van der Waals surface area contributed by atoms with Crippen LogP contribution in [-0.2, 0) is 16.6 Å². The minimum Gasteiger partial charge on any atom is -0.367 e. The van der Waals surface area contributed by atoms with E-state index >= 15 is 0 Å². The number of tetrazole rings is 1. The molecule has 0 spiro atoms. The number of para-hydroxylation sites is 2. The number of rotatable bonds is 10. The summed E-state index contributed by atoms with van der Waals surface area (Å²) in [5.74, 6) is 0.712. The van der Waals surface area contributed by atoms with Crippen LogP contribution in [0.5, 0.6) is 0 Å². The average molecular weight is 480 g/mol. The average Bonchev–Trinajstić information content (AvgIpc) is 3.57. The molecule has 0 radical (unpaired) electrons. The topological polar surface area (TPSA) is 96.2 Å². The fourth-order valence-corrected chi connectivity index (χ4v) is 5.08. The van der Waals surface area contributed by atoms with Gasteiger partial charge in [-0.2, -0.15) is 0 Å². The smallest absolute Gasteiger partial charge is 0.251 e. The molecule has 2 amide bonds. The number of nitrogens with one attached hydrogen (secondary N) is 1. The third-order valence-corrected chi connectivity index (χ3v) is 7.06. The second-order valence-corrected chi connectivity index (χ2v) is 10.3. The first-order chi connectivity index (χ1) is 16.8. The lowest BCUT2D eigenvalue weighted by atomic mass is 9.82. The number of carbonyl (C=O) groups is 2. The van der Waals surface area contributed by atoms with E-state index in [1.807, 2.05) is 18.2 Å². The fourth-order valence-electron chi connectivity index (χ4n) is 5.08. The van der Waals surface area contributed by atoms with Crippen LogP contribution in [0.1, 0.15) is 51.3 Å². The van der Waals surface area contributed by atoms with Gasteiger partial charge in [-0.3, -0.25) is 9.59 Å². The van der Waals surface area contributed by atoms with Gasteiger partial charge < -0.3 is 15.1 Å². The van der Waals surface area contributed by atoms with Crippen molar-refractivity contribution < 1.29 is 9.59 Å². The second kappa shape index (κ2) is 10.6. The van der Waals surface area contributed by atoms with Gasteiger partial charge in [0.25, 0.3) is 5.91 Å². The Bertz CT molecular complexity index is 1060. The van der Waals surface area contributed by atoms with Gasteiger partial charge in [0.1, 0.15) is 6.04 Å². The van der Waals surface area contributed by atoms with Crippen LogP contribution in [0, 0.1) is 17.8 Å². The summed E-state index contributed by atoms with van der Waals surface area (Å²) >= 11 is 0. The molecule has 1 aromatic carbocycles. The first-order valence-corrected chi connectivity index (χ1v) is 12.5. The van der Waals surface area contributed by atoms with E-state index in [1.165, 1.54) is 12.8 Å². The molecule has 2 aromatic rings. The molecule has 9 nitrogen and oxygen atoms in total. The molecule has 0 unspecified atom stereocenters. The van der Waals surface area contributed by atoms with Gasteiger partial charge in [0.05, 0.1) is 11.4 Å². The maximum absolute atomic E-state index is 13.8. The molecular weight excluding hydrogens is 442 g/mol. The number of hydrogen-bond donors (Lipinski definition) is 1. The highest BCUT2D eigenvalue weighted by molar-refractivity contribution is 6.03. The molecule has 9 heteroatoms. The highest BCUT2D eigenvalue weighted by Crippen LogP contribution is 2.37. The van der Waals surface area contributed by atoms with Crippen molar-refractivity contribution in [1.29, 1.82) is 0 Å². The van der Waals surface area contributed by atoms with Crippen molar-refractivity contribution in [3.8, 4) is 0 Å². The minimum atomic E-state index is -0.643. The molecule has 0 bridgehead atoms. The fraction of sp³-hybridized carbons (Fsp3) is 0.577. The first kappa shape index (κ1) is 24.9. The quantitative estimate of drug-likeness (QED) is 0.527. The van der Waals surface area contributed by atoms with Gasteiger partial charge in [-0.25, -0.2) is 4.68 Å². The summed E-state index contributed by atoms with van der Waals surface area (Å²) in [6.45, 7) is 9.44. The van der Waals surface area contributed by atoms with Crippen LogP contribution in [0.4, 0.5) is 11.4 Å². The normalized spacial score (nSPS) is 19.8. The van der Waals surface area contributed by atoms with Gasteiger partial charge in [-0.15, -0.1) is 11.7 Å². The Labute approximate surface area is 207 Å². The number of anilines is 2. The number of amides is 2. The number of allylic oxidation sites excluding steroid dienone is 1. The predicted molar refractivity (Wildman–Crippen MR) is 136 cm³/mol. The van der Waals surface area contributed by atoms with E-state index in [0.29, 0.717) is 31.1 Å². The SMILES string of the molecule is C=CC[C@@H](c1nnnn1C)[C@@H](CC(C)C)C(=O)N[C@H]1CN(CC2CC2)c2ccccc2N(C)C1=O. The maximum atomic E-state index is 13.8. The van der Waals surface area contributed by atoms with Crippen LogP contribution in [0.2, 0.25) is 0 Å². The molecule has 1 saturated carbocycles. The lowest BCUT2D eigenvalue weighted by Crippen LogP contribution is -2.53. The van der Waals surface area contributed by atoms with Gasteiger partial charge in [-0.05, 0) is 60.1 Å². The molecule has 35 heavy (non-hydrogen) atoms. The van der Waals surface area contributed by atoms with E-state index < -0.39 is 12.0 Å². The zero-order valence-electron chi connectivity index (χ0n) is 21.2. The molecule has 2 aliphatic rings. The van der Waals surface area contributed by atoms with Gasteiger partial charge in [-0.1, -0.05) is 32.1 Å². The standard InChI is InChI=1S/C26H37N7O2/c1-6-9-19(24-28-29-30-32(24)5)20(14-17(2)3)25(34)27-21-16-33(15-18-12-13-18)23-11-8-7-10-22(23)31(4)26(21)35/h6-8,10-11,17-21H,1,9,12-16H2,2-5H3,(H,27,34)/t19-,20-,21+/m1/s1. The van der Waals surface area contributed by atoms with Crippen molar-refractivity contribution in [2.45, 2.75) is 51.5 Å². The Balaban J connectivity index is 1.61. The first-order valence-electron chi connectivity index (χ1n) is 12.5. The molecule has 0 saturated heterocycles. The van der Waals surface area contributed by atoms with Crippen molar-refractivity contribution >= 4 is 23.2 Å². The molecule has 1 aromatic heterocycles. The Hall–Kier alpha value is -3.23. The van der Waals surface area contributed by atoms with Gasteiger partial charge in [0.15, 0.2) is 5.82 Å². The summed E-state index contributed by atoms with van der Waals surface area (Å²) in [5, 5.41) is 15.1. The molecule has 1 N–H and O–H groups in total. The number of carbonyl (C=O) groups excluding carboxylic acids is 2. The Morgan fingerprint density at radius 1 is 1.23 bits per heavy atom. The van der Waals surface area contributed by atoms with E-state index in [1.54, 1.807) is 29.8 Å². The van der Waals surface area contributed by atoms with Crippen LogP contribution in [0.3, 0.4) is 0 Å². The number of hydrogen-bond acceptors (Lipinski definition) is 6. The Morgan fingerprint density at radius 2 is 1.94 bits per heavy atom. The minimum absolute atomic E-state index is 0.104. The Morgan fingerprint density at radius 3 is 2.54 bits per heavy atom. The van der Waals surface area contributed by atoms with E-state index in [9.17, 15) is 9.59 Å². The summed E-state index contributed by atoms with van der Waals surface area (Å²) in [5.41, 5.74) is 1.92. The van der Waals surface area contributed by atoms with E-state index in [-0.39, 0.29) is 23.7 Å². The summed E-state index contributed by atoms with van der Waals surface area (Å²) < 4.78 is 1.62. The van der Waals surface area contributed by atoms with Crippen LogP contribution in [0.15, 0.2) is 36.9 Å². The molecule has 1 aliphatic heterocycles. The number of likely N-dealkylation sites (N-methyl/N-ethyl adjacent to an activating group) is 1. The monoisotopic (exact) mass is 479 g/mol. The van der Waals surface area contributed by atoms with Gasteiger partial charge >= 0.3 is 0 Å². The van der Waals surface area contributed by atoms with Gasteiger partial charge in [0.2, 0.25) is 5.91 Å². The largest absolute Gasteiger partial charge is 0.367 e. The van der Waals surface area contributed by atoms with Crippen molar-refractivity contribution in [2.24, 2.45) is 24.8 Å². The summed E-state index contributed by atoms with van der Waals surface area (Å²) in [7, 11) is 3.57. The molecule has 3 atom stereocenters.